The average Bonchev–Trinajstić information content (AvgIpc) is 3.06. The second-order valence-electron chi connectivity index (χ2n) is 7.13. The summed E-state index contributed by atoms with van der Waals surface area (Å²) in [6, 6.07) is 19.8. The third-order valence-corrected chi connectivity index (χ3v) is 5.20. The molecule has 1 amide bonds. The van der Waals surface area contributed by atoms with Crippen LogP contribution in [0.4, 0.5) is 0 Å². The van der Waals surface area contributed by atoms with E-state index in [1.54, 1.807) is 6.92 Å². The van der Waals surface area contributed by atoms with Gasteiger partial charge in [-0.25, -0.2) is 5.43 Å². The zero-order chi connectivity index (χ0) is 18.8. The second kappa shape index (κ2) is 7.37. The van der Waals surface area contributed by atoms with Gasteiger partial charge in [-0.05, 0) is 36.5 Å². The van der Waals surface area contributed by atoms with Gasteiger partial charge in [0.05, 0.1) is 6.04 Å². The number of hydrogen-bond acceptors (Lipinski definition) is 4. The maximum absolute atomic E-state index is 12.7. The SMILES string of the molecule is CC(=O)C1NN2C(=C1Cc1ccccc1)C(=O)NCC2Cc1ccccc1. The Balaban J connectivity index is 1.67. The van der Waals surface area contributed by atoms with Crippen molar-refractivity contribution in [1.82, 2.24) is 15.8 Å². The first-order chi connectivity index (χ1) is 13.1. The van der Waals surface area contributed by atoms with Crippen LogP contribution in [0.3, 0.4) is 0 Å². The minimum absolute atomic E-state index is 0.0223. The Morgan fingerprint density at radius 1 is 1.04 bits per heavy atom. The van der Waals surface area contributed by atoms with Gasteiger partial charge in [0.2, 0.25) is 0 Å². The van der Waals surface area contributed by atoms with Crippen LogP contribution >= 0.6 is 0 Å². The molecule has 0 bridgehead atoms. The fourth-order valence-electron chi connectivity index (χ4n) is 3.89. The van der Waals surface area contributed by atoms with E-state index in [0.717, 1.165) is 17.6 Å². The fraction of sp³-hybridized carbons (Fsp3) is 0.273. The molecule has 0 saturated carbocycles. The van der Waals surface area contributed by atoms with Crippen LogP contribution in [0.25, 0.3) is 0 Å². The van der Waals surface area contributed by atoms with Gasteiger partial charge in [0, 0.05) is 6.54 Å². The lowest BCUT2D eigenvalue weighted by atomic mass is 9.94. The Hall–Kier alpha value is -2.92. The number of hydrogen-bond donors (Lipinski definition) is 2. The number of benzene rings is 2. The standard InChI is InChI=1S/C22H23N3O2/c1-15(26)20-19(13-17-10-6-3-7-11-17)21-22(27)23-14-18(25(21)24-20)12-16-8-4-2-5-9-16/h2-11,18,20,24H,12-14H2,1H3,(H,23,27). The van der Waals surface area contributed by atoms with Crippen molar-refractivity contribution < 1.29 is 9.59 Å². The molecule has 5 heteroatoms. The summed E-state index contributed by atoms with van der Waals surface area (Å²) >= 11 is 0. The minimum Gasteiger partial charge on any atom is -0.349 e. The van der Waals surface area contributed by atoms with E-state index in [9.17, 15) is 9.59 Å². The molecule has 2 unspecified atom stereocenters. The van der Waals surface area contributed by atoms with Crippen molar-refractivity contribution in [2.24, 2.45) is 0 Å². The molecule has 2 aliphatic rings. The Morgan fingerprint density at radius 2 is 1.67 bits per heavy atom. The van der Waals surface area contributed by atoms with E-state index >= 15 is 0 Å². The molecular formula is C22H23N3O2. The number of amides is 1. The van der Waals surface area contributed by atoms with Gasteiger partial charge in [0.1, 0.15) is 11.7 Å². The third kappa shape index (κ3) is 3.51. The van der Waals surface area contributed by atoms with Gasteiger partial charge in [0.15, 0.2) is 5.78 Å². The highest BCUT2D eigenvalue weighted by Gasteiger charge is 2.42. The van der Waals surface area contributed by atoms with Crippen molar-refractivity contribution in [2.45, 2.75) is 31.8 Å². The highest BCUT2D eigenvalue weighted by molar-refractivity contribution is 5.98. The second-order valence-corrected chi connectivity index (χ2v) is 7.13. The number of nitrogens with zero attached hydrogens (tertiary/aromatic N) is 1. The lowest BCUT2D eigenvalue weighted by molar-refractivity contribution is -0.123. The summed E-state index contributed by atoms with van der Waals surface area (Å²) in [5, 5.41) is 4.94. The van der Waals surface area contributed by atoms with Crippen LogP contribution in [0.5, 0.6) is 0 Å². The maximum Gasteiger partial charge on any atom is 0.269 e. The molecule has 2 N–H and O–H groups in total. The van der Waals surface area contributed by atoms with Crippen molar-refractivity contribution in [2.75, 3.05) is 6.54 Å². The van der Waals surface area contributed by atoms with Crippen LogP contribution in [0, 0.1) is 0 Å². The van der Waals surface area contributed by atoms with Crippen molar-refractivity contribution in [1.29, 1.82) is 0 Å². The number of rotatable bonds is 5. The molecule has 2 aromatic carbocycles. The van der Waals surface area contributed by atoms with E-state index in [4.69, 9.17) is 0 Å². The molecule has 2 aliphatic heterocycles. The maximum atomic E-state index is 12.7. The Morgan fingerprint density at radius 3 is 2.30 bits per heavy atom. The monoisotopic (exact) mass is 361 g/mol. The number of piperazine rings is 1. The Bertz CT molecular complexity index is 877. The Kier molecular flexibility index (Phi) is 4.77. The molecule has 0 spiro atoms. The summed E-state index contributed by atoms with van der Waals surface area (Å²) in [5.74, 6) is -0.0874. The molecule has 2 atom stereocenters. The largest absolute Gasteiger partial charge is 0.349 e. The summed E-state index contributed by atoms with van der Waals surface area (Å²) in [5.41, 5.74) is 7.06. The molecule has 138 valence electrons. The highest BCUT2D eigenvalue weighted by atomic mass is 16.2. The van der Waals surface area contributed by atoms with Gasteiger partial charge in [-0.15, -0.1) is 0 Å². The van der Waals surface area contributed by atoms with Gasteiger partial charge < -0.3 is 5.32 Å². The number of hydrazine groups is 1. The number of Topliss-reactive ketones (excluding diaryl/α,β-unsaturated/α-hetero) is 1. The quantitative estimate of drug-likeness (QED) is 0.855. The number of carbonyl (C=O) groups is 2. The molecular weight excluding hydrogens is 338 g/mol. The molecule has 0 aliphatic carbocycles. The molecule has 0 aromatic heterocycles. The number of ketones is 1. The zero-order valence-corrected chi connectivity index (χ0v) is 15.3. The van der Waals surface area contributed by atoms with Crippen LogP contribution in [0.2, 0.25) is 0 Å². The fourth-order valence-corrected chi connectivity index (χ4v) is 3.89. The molecule has 0 radical (unpaired) electrons. The molecule has 5 nitrogen and oxygen atoms in total. The lowest BCUT2D eigenvalue weighted by Gasteiger charge is -2.36. The van der Waals surface area contributed by atoms with E-state index in [1.807, 2.05) is 53.5 Å². The van der Waals surface area contributed by atoms with Gasteiger partial charge in [-0.2, -0.15) is 0 Å². The molecule has 1 saturated heterocycles. The highest BCUT2D eigenvalue weighted by Crippen LogP contribution is 2.30. The van der Waals surface area contributed by atoms with Crippen LogP contribution in [0.1, 0.15) is 18.1 Å². The summed E-state index contributed by atoms with van der Waals surface area (Å²) in [6.45, 7) is 2.12. The van der Waals surface area contributed by atoms with E-state index in [1.165, 1.54) is 5.56 Å². The van der Waals surface area contributed by atoms with Crippen molar-refractivity contribution in [3.8, 4) is 0 Å². The average molecular weight is 361 g/mol. The third-order valence-electron chi connectivity index (χ3n) is 5.20. The first-order valence-corrected chi connectivity index (χ1v) is 9.28. The summed E-state index contributed by atoms with van der Waals surface area (Å²) in [6.07, 6.45) is 1.37. The topological polar surface area (TPSA) is 61.4 Å². The molecule has 1 fully saturated rings. The first-order valence-electron chi connectivity index (χ1n) is 9.28. The summed E-state index contributed by atoms with van der Waals surface area (Å²) < 4.78 is 0. The van der Waals surface area contributed by atoms with E-state index in [-0.39, 0.29) is 17.7 Å². The summed E-state index contributed by atoms with van der Waals surface area (Å²) in [7, 11) is 0. The van der Waals surface area contributed by atoms with Gasteiger partial charge in [-0.1, -0.05) is 60.7 Å². The zero-order valence-electron chi connectivity index (χ0n) is 15.3. The number of fused-ring (bicyclic) bond motifs is 1. The molecule has 27 heavy (non-hydrogen) atoms. The van der Waals surface area contributed by atoms with Gasteiger partial charge in [-0.3, -0.25) is 14.6 Å². The molecule has 2 aromatic rings. The van der Waals surface area contributed by atoms with E-state index < -0.39 is 6.04 Å². The first kappa shape index (κ1) is 17.5. The summed E-state index contributed by atoms with van der Waals surface area (Å²) in [4.78, 5) is 25.0. The lowest BCUT2D eigenvalue weighted by Crippen LogP contribution is -2.57. The van der Waals surface area contributed by atoms with Gasteiger partial charge >= 0.3 is 0 Å². The number of carbonyl (C=O) groups excluding carboxylic acids is 2. The Labute approximate surface area is 159 Å². The predicted octanol–water partition coefficient (Wildman–Crippen LogP) is 2.00. The van der Waals surface area contributed by atoms with Crippen LogP contribution in [-0.4, -0.2) is 35.3 Å². The van der Waals surface area contributed by atoms with Crippen molar-refractivity contribution >= 4 is 11.7 Å². The van der Waals surface area contributed by atoms with E-state index in [0.29, 0.717) is 18.7 Å². The van der Waals surface area contributed by atoms with Crippen LogP contribution < -0.4 is 10.7 Å². The van der Waals surface area contributed by atoms with Crippen molar-refractivity contribution in [3.63, 3.8) is 0 Å². The van der Waals surface area contributed by atoms with E-state index in [2.05, 4.69) is 22.9 Å². The number of nitrogens with one attached hydrogen (secondary N) is 2. The van der Waals surface area contributed by atoms with Gasteiger partial charge in [0.25, 0.3) is 5.91 Å². The molecule has 4 rings (SSSR count). The minimum atomic E-state index is -0.456. The smallest absolute Gasteiger partial charge is 0.269 e. The van der Waals surface area contributed by atoms with Crippen molar-refractivity contribution in [3.05, 3.63) is 83.1 Å². The normalized spacial score (nSPS) is 21.8. The van der Waals surface area contributed by atoms with Crippen LogP contribution in [-0.2, 0) is 22.4 Å². The molecule has 2 heterocycles. The van der Waals surface area contributed by atoms with Crippen LogP contribution in [0.15, 0.2) is 71.9 Å². The predicted molar refractivity (Wildman–Crippen MR) is 104 cm³/mol.